The largest absolute Gasteiger partial charge is 0.497 e. The minimum absolute atomic E-state index is 0.144. The molecule has 4 aromatic rings. The number of hydrogen-bond acceptors (Lipinski definition) is 6. The van der Waals surface area contributed by atoms with Gasteiger partial charge in [-0.05, 0) is 58.3 Å². The molecule has 0 spiro atoms. The van der Waals surface area contributed by atoms with Crippen molar-refractivity contribution in [3.63, 3.8) is 0 Å². The lowest BCUT2D eigenvalue weighted by atomic mass is 9.97. The molecule has 0 radical (unpaired) electrons. The molecule has 37 heavy (non-hydrogen) atoms. The third-order valence-corrected chi connectivity index (χ3v) is 6.54. The number of methoxy groups -OCH3 is 1. The molecule has 0 fully saturated rings. The van der Waals surface area contributed by atoms with Gasteiger partial charge >= 0.3 is 5.97 Å². The van der Waals surface area contributed by atoms with Crippen LogP contribution in [0.5, 0.6) is 5.75 Å². The number of esters is 1. The van der Waals surface area contributed by atoms with Crippen LogP contribution in [0.15, 0.2) is 90.0 Å². The number of carbonyl (C=O) groups excluding carboxylic acids is 2. The van der Waals surface area contributed by atoms with Gasteiger partial charge in [-0.3, -0.25) is 4.79 Å². The van der Waals surface area contributed by atoms with Crippen LogP contribution in [0.2, 0.25) is 5.02 Å². The fraction of sp³-hybridized carbons (Fsp3) is 0.138. The second-order valence-corrected chi connectivity index (χ2v) is 9.08. The Kier molecular flexibility index (Phi) is 6.79. The molecule has 8 heteroatoms. The monoisotopic (exact) mass is 513 g/mol. The Labute approximate surface area is 219 Å². The Morgan fingerprint density at radius 3 is 2.49 bits per heavy atom. The fourth-order valence-electron chi connectivity index (χ4n) is 4.36. The topological polar surface area (TPSA) is 94.2 Å². The zero-order valence-corrected chi connectivity index (χ0v) is 20.8. The van der Waals surface area contributed by atoms with Crippen molar-refractivity contribution in [1.82, 2.24) is 5.01 Å². The summed E-state index contributed by atoms with van der Waals surface area (Å²) in [5.74, 6) is -0.441. The van der Waals surface area contributed by atoms with Gasteiger partial charge in [0.2, 0.25) is 0 Å². The first-order valence-electron chi connectivity index (χ1n) is 11.7. The second-order valence-electron chi connectivity index (χ2n) is 8.65. The maximum atomic E-state index is 13.3. The van der Waals surface area contributed by atoms with Gasteiger partial charge in [0.15, 0.2) is 6.61 Å². The molecule has 1 aliphatic rings. The molecule has 0 bridgehead atoms. The average Bonchev–Trinajstić information content (AvgIpc) is 3.37. The average molecular weight is 514 g/mol. The number of fused-ring (bicyclic) bond motifs is 1. The zero-order chi connectivity index (χ0) is 25.9. The molecule has 7 nitrogen and oxygen atoms in total. The molecular weight excluding hydrogens is 490 g/mol. The highest BCUT2D eigenvalue weighted by molar-refractivity contribution is 6.31. The van der Waals surface area contributed by atoms with Gasteiger partial charge in [-0.25, -0.2) is 9.80 Å². The molecular formula is C29H24ClN3O4. The number of ether oxygens (including phenoxy) is 2. The van der Waals surface area contributed by atoms with Crippen LogP contribution < -0.4 is 10.5 Å². The van der Waals surface area contributed by atoms with Crippen molar-refractivity contribution < 1.29 is 19.1 Å². The molecule has 1 atom stereocenters. The number of nitrogen functional groups attached to an aromatic ring is 1. The van der Waals surface area contributed by atoms with Crippen molar-refractivity contribution in [2.45, 2.75) is 12.5 Å². The summed E-state index contributed by atoms with van der Waals surface area (Å²) in [7, 11) is 1.60. The summed E-state index contributed by atoms with van der Waals surface area (Å²) in [6, 6.07) is 25.8. The summed E-state index contributed by atoms with van der Waals surface area (Å²) < 4.78 is 10.6. The lowest BCUT2D eigenvalue weighted by molar-refractivity contribution is -0.136. The van der Waals surface area contributed by atoms with E-state index in [0.717, 1.165) is 27.6 Å². The summed E-state index contributed by atoms with van der Waals surface area (Å²) in [5, 5.41) is 8.69. The number of nitrogens with two attached hydrogens (primary N) is 1. The van der Waals surface area contributed by atoms with Crippen molar-refractivity contribution in [2.75, 3.05) is 19.5 Å². The van der Waals surface area contributed by atoms with Gasteiger partial charge in [-0.15, -0.1) is 0 Å². The van der Waals surface area contributed by atoms with Crippen molar-refractivity contribution >= 4 is 45.6 Å². The fourth-order valence-corrected chi connectivity index (χ4v) is 4.54. The van der Waals surface area contributed by atoms with Gasteiger partial charge in [-0.1, -0.05) is 60.1 Å². The first kappa shape index (κ1) is 24.3. The molecule has 0 saturated carbocycles. The number of benzene rings is 4. The third kappa shape index (κ3) is 5.13. The van der Waals surface area contributed by atoms with Gasteiger partial charge < -0.3 is 15.2 Å². The van der Waals surface area contributed by atoms with Crippen molar-refractivity contribution in [3.05, 3.63) is 107 Å². The number of rotatable bonds is 6. The standard InChI is InChI=1S/C29H24ClN3O4/c1-36-23-11-8-19(9-12-23)27-16-26(21-7-6-18-4-2-3-5-20(18)14-21)32-33(27)28(34)17-37-29(35)24-13-10-22(30)15-25(24)31/h2-15,27H,16-17,31H2,1H3. The highest BCUT2D eigenvalue weighted by atomic mass is 35.5. The number of nitrogens with zero attached hydrogens (tertiary/aromatic N) is 2. The molecule has 1 heterocycles. The van der Waals surface area contributed by atoms with Crippen LogP contribution >= 0.6 is 11.6 Å². The quantitative estimate of drug-likeness (QED) is 0.267. The Hall–Kier alpha value is -4.36. The van der Waals surface area contributed by atoms with Crippen LogP contribution in [0.1, 0.15) is 33.9 Å². The van der Waals surface area contributed by atoms with Crippen LogP contribution in [-0.2, 0) is 9.53 Å². The zero-order valence-electron chi connectivity index (χ0n) is 20.1. The Balaban J connectivity index is 1.41. The van der Waals surface area contributed by atoms with Crippen molar-refractivity contribution in [3.8, 4) is 5.75 Å². The molecule has 2 N–H and O–H groups in total. The minimum Gasteiger partial charge on any atom is -0.497 e. The Bertz CT molecular complexity index is 1520. The highest BCUT2D eigenvalue weighted by Crippen LogP contribution is 2.34. The van der Waals surface area contributed by atoms with Crippen LogP contribution in [0.25, 0.3) is 10.8 Å². The van der Waals surface area contributed by atoms with Gasteiger partial charge in [0.25, 0.3) is 5.91 Å². The van der Waals surface area contributed by atoms with Gasteiger partial charge in [-0.2, -0.15) is 5.10 Å². The van der Waals surface area contributed by atoms with Gasteiger partial charge in [0, 0.05) is 17.1 Å². The lowest BCUT2D eigenvalue weighted by Gasteiger charge is -2.22. The Morgan fingerprint density at radius 1 is 1.00 bits per heavy atom. The van der Waals surface area contributed by atoms with E-state index in [1.807, 2.05) is 60.7 Å². The summed E-state index contributed by atoms with van der Waals surface area (Å²) in [5.41, 5.74) is 8.80. The number of amides is 1. The normalized spacial score (nSPS) is 14.9. The molecule has 1 unspecified atom stereocenters. The second kappa shape index (κ2) is 10.3. The number of hydrogen-bond donors (Lipinski definition) is 1. The van der Waals surface area contributed by atoms with E-state index in [0.29, 0.717) is 17.2 Å². The van der Waals surface area contributed by atoms with Crippen LogP contribution in [0.3, 0.4) is 0 Å². The number of carbonyl (C=O) groups is 2. The number of halogens is 1. The van der Waals surface area contributed by atoms with E-state index in [2.05, 4.69) is 11.2 Å². The summed E-state index contributed by atoms with van der Waals surface area (Å²) in [6.07, 6.45) is 0.508. The smallest absolute Gasteiger partial charge is 0.340 e. The molecule has 0 aromatic heterocycles. The first-order chi connectivity index (χ1) is 17.9. The van der Waals surface area contributed by atoms with E-state index in [-0.39, 0.29) is 17.3 Å². The van der Waals surface area contributed by atoms with Crippen molar-refractivity contribution in [2.24, 2.45) is 5.10 Å². The van der Waals surface area contributed by atoms with Gasteiger partial charge in [0.05, 0.1) is 24.4 Å². The molecule has 4 aromatic carbocycles. The minimum atomic E-state index is -0.707. The van der Waals surface area contributed by atoms with Crippen LogP contribution in [-0.4, -0.2) is 36.3 Å². The van der Waals surface area contributed by atoms with Crippen LogP contribution in [0.4, 0.5) is 5.69 Å². The predicted molar refractivity (Wildman–Crippen MR) is 144 cm³/mol. The molecule has 0 aliphatic carbocycles. The maximum absolute atomic E-state index is 13.3. The van der Waals surface area contributed by atoms with Gasteiger partial charge in [0.1, 0.15) is 5.75 Å². The van der Waals surface area contributed by atoms with Crippen molar-refractivity contribution in [1.29, 1.82) is 0 Å². The van der Waals surface area contributed by atoms with E-state index < -0.39 is 18.5 Å². The van der Waals surface area contributed by atoms with E-state index in [1.165, 1.54) is 23.2 Å². The maximum Gasteiger partial charge on any atom is 0.340 e. The van der Waals surface area contributed by atoms with E-state index in [1.54, 1.807) is 7.11 Å². The molecule has 1 aliphatic heterocycles. The SMILES string of the molecule is COc1ccc(C2CC(c3ccc4ccccc4c3)=NN2C(=O)COC(=O)c2ccc(Cl)cc2N)cc1. The summed E-state index contributed by atoms with van der Waals surface area (Å²) in [4.78, 5) is 25.8. The number of hydrazone groups is 1. The molecule has 0 saturated heterocycles. The van der Waals surface area contributed by atoms with E-state index in [4.69, 9.17) is 26.8 Å². The van der Waals surface area contributed by atoms with Crippen LogP contribution in [0, 0.1) is 0 Å². The lowest BCUT2D eigenvalue weighted by Crippen LogP contribution is -2.31. The predicted octanol–water partition coefficient (Wildman–Crippen LogP) is 5.62. The molecule has 5 rings (SSSR count). The number of anilines is 1. The first-order valence-corrected chi connectivity index (χ1v) is 12.1. The van der Waals surface area contributed by atoms with E-state index >= 15 is 0 Å². The Morgan fingerprint density at radius 2 is 1.76 bits per heavy atom. The highest BCUT2D eigenvalue weighted by Gasteiger charge is 2.33. The molecule has 1 amide bonds. The molecule has 186 valence electrons. The third-order valence-electron chi connectivity index (χ3n) is 6.31. The van der Waals surface area contributed by atoms with E-state index in [9.17, 15) is 9.59 Å². The summed E-state index contributed by atoms with van der Waals surface area (Å²) in [6.45, 7) is -0.484. The summed E-state index contributed by atoms with van der Waals surface area (Å²) >= 11 is 5.91.